The average molecular weight is 527 g/mol. The van der Waals surface area contributed by atoms with Crippen molar-refractivity contribution in [3.05, 3.63) is 54.6 Å². The van der Waals surface area contributed by atoms with Crippen LogP contribution in [0.4, 0.5) is 5.69 Å². The summed E-state index contributed by atoms with van der Waals surface area (Å²) in [4.78, 5) is 45.3. The highest BCUT2D eigenvalue weighted by Gasteiger charge is 2.77. The van der Waals surface area contributed by atoms with Gasteiger partial charge in [0.1, 0.15) is 6.04 Å². The predicted octanol–water partition coefficient (Wildman–Crippen LogP) is 3.81. The molecule has 3 fully saturated rings. The Hall–Kier alpha value is -2.58. The van der Waals surface area contributed by atoms with Gasteiger partial charge in [-0.05, 0) is 63.6 Å². The molecule has 1 aromatic carbocycles. The Morgan fingerprint density at radius 3 is 2.70 bits per heavy atom. The average Bonchev–Trinajstić information content (AvgIpc) is 3.43. The number of aliphatic hydroxyl groups is 1. The zero-order chi connectivity index (χ0) is 27.0. The van der Waals surface area contributed by atoms with Gasteiger partial charge < -0.3 is 19.6 Å². The van der Waals surface area contributed by atoms with E-state index < -0.39 is 27.4 Å². The maximum atomic E-state index is 14.5. The number of thioether (sulfide) groups is 1. The third kappa shape index (κ3) is 4.52. The Balaban J connectivity index is 1.77. The Bertz CT molecular complexity index is 1110. The van der Waals surface area contributed by atoms with Crippen LogP contribution in [0.5, 0.6) is 0 Å². The molecule has 1 N–H and O–H groups in total. The van der Waals surface area contributed by atoms with Crippen LogP contribution in [-0.4, -0.2) is 69.6 Å². The SMILES string of the molecule is C=CCCOC(=O)[C@H]1[C@H]2C(=O)N(CCCO)C(C(=O)N(CC=C)c3cc(C)ccc3C)C23CC[C@]1(C)S3. The second-order valence-electron chi connectivity index (χ2n) is 10.6. The second kappa shape index (κ2) is 10.7. The maximum absolute atomic E-state index is 14.5. The van der Waals surface area contributed by atoms with E-state index in [0.717, 1.165) is 23.2 Å². The lowest BCUT2D eigenvalue weighted by Gasteiger charge is -2.37. The third-order valence-electron chi connectivity index (χ3n) is 8.12. The monoisotopic (exact) mass is 526 g/mol. The number of hydrogen-bond acceptors (Lipinski definition) is 6. The van der Waals surface area contributed by atoms with Crippen LogP contribution in [0.15, 0.2) is 43.5 Å². The molecule has 4 rings (SSSR count). The molecule has 0 aliphatic carbocycles. The quantitative estimate of drug-likeness (QED) is 0.268. The maximum Gasteiger partial charge on any atom is 0.311 e. The van der Waals surface area contributed by atoms with E-state index in [4.69, 9.17) is 4.74 Å². The minimum absolute atomic E-state index is 0.0897. The summed E-state index contributed by atoms with van der Waals surface area (Å²) in [6, 6.07) is 5.24. The lowest BCUT2D eigenvalue weighted by Crippen LogP contribution is -2.55. The molecule has 3 aliphatic rings. The highest BCUT2D eigenvalue weighted by molar-refractivity contribution is 8.02. The fourth-order valence-corrected chi connectivity index (χ4v) is 8.81. The zero-order valence-corrected chi connectivity index (χ0v) is 22.9. The first kappa shape index (κ1) is 27.5. The topological polar surface area (TPSA) is 87.1 Å². The normalized spacial score (nSPS) is 29.8. The molecule has 8 heteroatoms. The summed E-state index contributed by atoms with van der Waals surface area (Å²) < 4.78 is 4.39. The molecule has 1 aromatic rings. The highest BCUT2D eigenvalue weighted by atomic mass is 32.2. The molecule has 2 amide bonds. The number of carbonyl (C=O) groups excluding carboxylic acids is 3. The van der Waals surface area contributed by atoms with Gasteiger partial charge in [0.25, 0.3) is 5.91 Å². The Kier molecular flexibility index (Phi) is 7.91. The van der Waals surface area contributed by atoms with E-state index in [-0.39, 0.29) is 37.5 Å². The van der Waals surface area contributed by atoms with Crippen molar-refractivity contribution in [2.45, 2.75) is 62.0 Å². The first-order chi connectivity index (χ1) is 17.6. The number of anilines is 1. The summed E-state index contributed by atoms with van der Waals surface area (Å²) in [6.07, 6.45) is 5.69. The first-order valence-corrected chi connectivity index (χ1v) is 13.9. The van der Waals surface area contributed by atoms with E-state index in [1.54, 1.807) is 33.7 Å². The van der Waals surface area contributed by atoms with E-state index in [9.17, 15) is 19.5 Å². The lowest BCUT2D eigenvalue weighted by atomic mass is 9.66. The van der Waals surface area contributed by atoms with E-state index >= 15 is 0 Å². The fourth-order valence-electron chi connectivity index (χ4n) is 6.47. The van der Waals surface area contributed by atoms with Crippen LogP contribution in [0, 0.1) is 25.7 Å². The van der Waals surface area contributed by atoms with Gasteiger partial charge in [0.05, 0.1) is 23.2 Å². The van der Waals surface area contributed by atoms with Crippen molar-refractivity contribution < 1.29 is 24.2 Å². The number of hydrogen-bond donors (Lipinski definition) is 1. The van der Waals surface area contributed by atoms with Gasteiger partial charge in [-0.1, -0.05) is 24.3 Å². The summed E-state index contributed by atoms with van der Waals surface area (Å²) in [7, 11) is 0. The summed E-state index contributed by atoms with van der Waals surface area (Å²) in [6.45, 7) is 14.2. The van der Waals surface area contributed by atoms with Crippen LogP contribution in [-0.2, 0) is 19.1 Å². The van der Waals surface area contributed by atoms with Gasteiger partial charge in [0.15, 0.2) is 0 Å². The van der Waals surface area contributed by atoms with Gasteiger partial charge in [-0.2, -0.15) is 0 Å². The zero-order valence-electron chi connectivity index (χ0n) is 22.1. The molecule has 2 bridgehead atoms. The summed E-state index contributed by atoms with van der Waals surface area (Å²) in [5.41, 5.74) is 2.78. The van der Waals surface area contributed by atoms with Gasteiger partial charge in [-0.25, -0.2) is 0 Å². The van der Waals surface area contributed by atoms with E-state index in [1.807, 2.05) is 39.0 Å². The van der Waals surface area contributed by atoms with Crippen molar-refractivity contribution in [2.75, 3.05) is 31.2 Å². The van der Waals surface area contributed by atoms with Gasteiger partial charge in [-0.15, -0.1) is 24.9 Å². The largest absolute Gasteiger partial charge is 0.465 e. The van der Waals surface area contributed by atoms with Crippen molar-refractivity contribution in [1.82, 2.24) is 4.90 Å². The molecule has 0 aromatic heterocycles. The van der Waals surface area contributed by atoms with Crippen molar-refractivity contribution >= 4 is 35.2 Å². The van der Waals surface area contributed by atoms with Crippen LogP contribution >= 0.6 is 11.8 Å². The number of ether oxygens (including phenoxy) is 1. The number of likely N-dealkylation sites (tertiary alicyclic amines) is 1. The number of esters is 1. The number of rotatable bonds is 11. The number of carbonyl (C=O) groups is 3. The number of aliphatic hydroxyl groups excluding tert-OH is 1. The smallest absolute Gasteiger partial charge is 0.311 e. The first-order valence-electron chi connectivity index (χ1n) is 13.0. The number of amides is 2. The standard InChI is InChI=1S/C29H38N2O5S/c1-6-8-17-36-27(35)23-22-25(33)31(15-9-16-32)24(29(22)13-12-28(23,5)37-29)26(34)30(14-7-2)21-18-19(3)10-11-20(21)4/h6-7,10-11,18,22-24,32H,1-2,8-9,12-17H2,3-5H3/t22-,23+,24?,28-,29?/m0/s1. The number of nitrogens with zero attached hydrogens (tertiary/aromatic N) is 2. The summed E-state index contributed by atoms with van der Waals surface area (Å²) >= 11 is 1.62. The molecular weight excluding hydrogens is 488 g/mol. The van der Waals surface area contributed by atoms with Crippen LogP contribution in [0.1, 0.15) is 43.7 Å². The number of benzene rings is 1. The molecule has 3 heterocycles. The summed E-state index contributed by atoms with van der Waals surface area (Å²) in [5.74, 6) is -1.98. The van der Waals surface area contributed by atoms with Crippen molar-refractivity contribution in [3.63, 3.8) is 0 Å². The van der Waals surface area contributed by atoms with Gasteiger partial charge in [0, 0.05) is 30.1 Å². The fraction of sp³-hybridized carbons (Fsp3) is 0.552. The van der Waals surface area contributed by atoms with Crippen molar-refractivity contribution in [1.29, 1.82) is 0 Å². The van der Waals surface area contributed by atoms with E-state index in [2.05, 4.69) is 13.2 Å². The van der Waals surface area contributed by atoms with Gasteiger partial charge in [0.2, 0.25) is 5.91 Å². The molecule has 5 atom stereocenters. The minimum Gasteiger partial charge on any atom is -0.465 e. The minimum atomic E-state index is -0.741. The Morgan fingerprint density at radius 2 is 2.03 bits per heavy atom. The molecular formula is C29H38N2O5S. The molecule has 3 saturated heterocycles. The molecule has 0 radical (unpaired) electrons. The van der Waals surface area contributed by atoms with Crippen LogP contribution in [0.3, 0.4) is 0 Å². The molecule has 200 valence electrons. The lowest BCUT2D eigenvalue weighted by molar-refractivity contribution is -0.155. The number of fused-ring (bicyclic) bond motifs is 1. The second-order valence-corrected chi connectivity index (χ2v) is 12.5. The van der Waals surface area contributed by atoms with Crippen LogP contribution in [0.25, 0.3) is 0 Å². The van der Waals surface area contributed by atoms with Crippen molar-refractivity contribution in [3.8, 4) is 0 Å². The molecule has 2 unspecified atom stereocenters. The molecule has 1 spiro atoms. The van der Waals surface area contributed by atoms with E-state index in [1.165, 1.54) is 0 Å². The summed E-state index contributed by atoms with van der Waals surface area (Å²) in [5, 5.41) is 9.58. The molecule has 0 saturated carbocycles. The molecule has 37 heavy (non-hydrogen) atoms. The van der Waals surface area contributed by atoms with Gasteiger partial charge >= 0.3 is 5.97 Å². The van der Waals surface area contributed by atoms with Gasteiger partial charge in [-0.3, -0.25) is 14.4 Å². The number of aryl methyl sites for hydroxylation is 2. The van der Waals surface area contributed by atoms with Crippen LogP contribution < -0.4 is 4.90 Å². The van der Waals surface area contributed by atoms with Crippen LogP contribution in [0.2, 0.25) is 0 Å². The van der Waals surface area contributed by atoms with Crippen molar-refractivity contribution in [2.24, 2.45) is 11.8 Å². The third-order valence-corrected chi connectivity index (χ3v) is 10.1. The Labute approximate surface area is 223 Å². The predicted molar refractivity (Wildman–Crippen MR) is 146 cm³/mol. The van der Waals surface area contributed by atoms with E-state index in [0.29, 0.717) is 25.8 Å². The Morgan fingerprint density at radius 1 is 1.27 bits per heavy atom. The highest BCUT2D eigenvalue weighted by Crippen LogP contribution is 2.71. The molecule has 3 aliphatic heterocycles. The molecule has 7 nitrogen and oxygen atoms in total.